The summed E-state index contributed by atoms with van der Waals surface area (Å²) in [7, 11) is 0. The van der Waals surface area contributed by atoms with E-state index in [-0.39, 0.29) is 24.4 Å². The molecule has 29 heavy (non-hydrogen) atoms. The number of nitrogens with zero attached hydrogens (tertiary/aromatic N) is 1. The maximum atomic E-state index is 14.4. The smallest absolute Gasteiger partial charge is 0.411 e. The van der Waals surface area contributed by atoms with E-state index in [9.17, 15) is 19.1 Å². The Hall–Kier alpha value is -3.39. The molecule has 150 valence electrons. The Morgan fingerprint density at radius 3 is 2.72 bits per heavy atom. The molecule has 9 heteroatoms. The second kappa shape index (κ2) is 8.74. The molecule has 1 aliphatic heterocycles. The number of alkyl carbamates (subject to hydrolysis) is 1. The average Bonchev–Trinajstić information content (AvgIpc) is 2.86. The summed E-state index contributed by atoms with van der Waals surface area (Å²) < 4.78 is 19.2. The molecule has 0 unspecified atom stereocenters. The minimum absolute atomic E-state index is 0.0818. The van der Waals surface area contributed by atoms with Crippen LogP contribution < -0.4 is 10.6 Å². The summed E-state index contributed by atoms with van der Waals surface area (Å²) >= 11 is 6.12. The number of nitrogens with one attached hydrogen (secondary N) is 2. The zero-order valence-electron chi connectivity index (χ0n) is 15.3. The number of benzodiazepines with no additional fused rings is 1. The van der Waals surface area contributed by atoms with Gasteiger partial charge < -0.3 is 15.2 Å². The number of rotatable bonds is 4. The predicted octanol–water partition coefficient (Wildman–Crippen LogP) is 3.78. The van der Waals surface area contributed by atoms with Gasteiger partial charge in [0, 0.05) is 21.8 Å². The van der Waals surface area contributed by atoms with E-state index in [1.807, 2.05) is 0 Å². The van der Waals surface area contributed by atoms with Gasteiger partial charge in [0.1, 0.15) is 5.82 Å². The third-order valence-electron chi connectivity index (χ3n) is 4.06. The third kappa shape index (κ3) is 4.55. The number of carbonyl (C=O) groups excluding carboxylic acids is 1. The van der Waals surface area contributed by atoms with E-state index in [0.717, 1.165) is 0 Å². The number of fused-ring (bicyclic) bond motifs is 1. The van der Waals surface area contributed by atoms with Crippen molar-refractivity contribution in [2.75, 3.05) is 18.5 Å². The summed E-state index contributed by atoms with van der Waals surface area (Å²) in [6.07, 6.45) is -0.905. The van der Waals surface area contributed by atoms with Crippen LogP contribution in [0.3, 0.4) is 0 Å². The number of carboxylic acid groups (broad SMARTS) is 1. The minimum Gasteiger partial charge on any atom is -0.477 e. The highest BCUT2D eigenvalue weighted by Gasteiger charge is 2.24. The zero-order valence-corrected chi connectivity index (χ0v) is 16.1. The summed E-state index contributed by atoms with van der Waals surface area (Å²) in [5.74, 6) is -1.85. The molecule has 0 aromatic heterocycles. The fraction of sp³-hybridized carbons (Fsp3) is 0.150. The van der Waals surface area contributed by atoms with Crippen molar-refractivity contribution < 1.29 is 23.8 Å². The number of amides is 1. The van der Waals surface area contributed by atoms with Crippen molar-refractivity contribution in [1.29, 1.82) is 0 Å². The topological polar surface area (TPSA) is 100 Å². The van der Waals surface area contributed by atoms with Gasteiger partial charge >= 0.3 is 12.1 Å². The van der Waals surface area contributed by atoms with E-state index in [0.29, 0.717) is 22.0 Å². The summed E-state index contributed by atoms with van der Waals surface area (Å²) in [5, 5.41) is 15.1. The number of halogens is 2. The first-order valence-corrected chi connectivity index (χ1v) is 9.05. The molecular formula is C20H17ClFN3O4. The van der Waals surface area contributed by atoms with Crippen molar-refractivity contribution >= 4 is 35.1 Å². The molecule has 3 N–H and O–H groups in total. The van der Waals surface area contributed by atoms with Gasteiger partial charge in [-0.1, -0.05) is 23.7 Å². The molecule has 0 spiro atoms. The van der Waals surface area contributed by atoms with Crippen molar-refractivity contribution in [3.8, 4) is 0 Å². The van der Waals surface area contributed by atoms with Crippen LogP contribution in [0.1, 0.15) is 18.1 Å². The number of aliphatic carboxylic acids is 1. The number of benzene rings is 2. The number of hydrogen-bond donors (Lipinski definition) is 3. The van der Waals surface area contributed by atoms with E-state index in [4.69, 9.17) is 16.3 Å². The average molecular weight is 418 g/mol. The number of hydrogen-bond acceptors (Lipinski definition) is 5. The van der Waals surface area contributed by atoms with Crippen LogP contribution in [0.15, 0.2) is 58.9 Å². The largest absolute Gasteiger partial charge is 0.477 e. The monoisotopic (exact) mass is 417 g/mol. The Bertz CT molecular complexity index is 1040. The SMILES string of the molecule is CCOC(=O)NC(C(=O)O)=C1CN=C(c2ccccc2F)c2cc(Cl)ccc2N1. The lowest BCUT2D eigenvalue weighted by molar-refractivity contribution is -0.133. The van der Waals surface area contributed by atoms with Crippen LogP contribution in [0.2, 0.25) is 5.02 Å². The number of carboxylic acids is 1. The van der Waals surface area contributed by atoms with Crippen LogP contribution in [0.25, 0.3) is 0 Å². The Balaban J connectivity index is 2.14. The van der Waals surface area contributed by atoms with Crippen LogP contribution in [-0.2, 0) is 9.53 Å². The maximum Gasteiger partial charge on any atom is 0.411 e. The van der Waals surface area contributed by atoms with Gasteiger partial charge in [0.05, 0.1) is 24.6 Å². The van der Waals surface area contributed by atoms with Crippen molar-refractivity contribution in [2.45, 2.75) is 6.92 Å². The van der Waals surface area contributed by atoms with E-state index in [1.54, 1.807) is 43.3 Å². The highest BCUT2D eigenvalue weighted by Crippen LogP contribution is 2.29. The molecule has 0 saturated heterocycles. The van der Waals surface area contributed by atoms with Gasteiger partial charge in [0.15, 0.2) is 5.70 Å². The third-order valence-corrected chi connectivity index (χ3v) is 4.30. The van der Waals surface area contributed by atoms with E-state index in [1.165, 1.54) is 6.07 Å². The normalized spacial score (nSPS) is 14.7. The van der Waals surface area contributed by atoms with Crippen molar-refractivity contribution in [2.24, 2.45) is 4.99 Å². The molecule has 1 heterocycles. The number of ether oxygens (including phenoxy) is 1. The van der Waals surface area contributed by atoms with Crippen LogP contribution in [0.4, 0.5) is 14.9 Å². The Kier molecular flexibility index (Phi) is 6.13. The molecule has 7 nitrogen and oxygen atoms in total. The lowest BCUT2D eigenvalue weighted by Gasteiger charge is -2.14. The molecule has 0 bridgehead atoms. The predicted molar refractivity (Wildman–Crippen MR) is 107 cm³/mol. The first-order valence-electron chi connectivity index (χ1n) is 8.67. The fourth-order valence-electron chi connectivity index (χ4n) is 2.82. The Labute approximate surface area is 170 Å². The first kappa shape index (κ1) is 20.3. The van der Waals surface area contributed by atoms with Gasteiger partial charge in [-0.3, -0.25) is 10.3 Å². The first-order chi connectivity index (χ1) is 13.9. The van der Waals surface area contributed by atoms with Crippen LogP contribution in [-0.4, -0.2) is 36.0 Å². The van der Waals surface area contributed by atoms with E-state index in [2.05, 4.69) is 15.6 Å². The molecule has 0 aliphatic carbocycles. The standard InChI is InChI=1S/C20H17ClFN3O4/c1-2-29-20(28)25-18(19(26)27)16-10-23-17(12-5-3-4-6-14(12)22)13-9-11(21)7-8-15(13)24-16/h3-9,24H,2,10H2,1H3,(H,25,28)(H,26,27). The van der Waals surface area contributed by atoms with Crippen LogP contribution in [0, 0.1) is 5.82 Å². The fourth-order valence-corrected chi connectivity index (χ4v) is 2.99. The highest BCUT2D eigenvalue weighted by atomic mass is 35.5. The van der Waals surface area contributed by atoms with Gasteiger partial charge in [-0.15, -0.1) is 0 Å². The molecule has 3 rings (SSSR count). The Morgan fingerprint density at radius 2 is 2.03 bits per heavy atom. The van der Waals surface area contributed by atoms with E-state index >= 15 is 0 Å². The van der Waals surface area contributed by atoms with Crippen molar-refractivity contribution in [1.82, 2.24) is 5.32 Å². The summed E-state index contributed by atoms with van der Waals surface area (Å²) in [5.41, 5.74) is 1.22. The van der Waals surface area contributed by atoms with Gasteiger partial charge in [-0.25, -0.2) is 14.0 Å². The zero-order chi connectivity index (χ0) is 21.0. The van der Waals surface area contributed by atoms with E-state index < -0.39 is 23.6 Å². The second-order valence-electron chi connectivity index (χ2n) is 5.96. The van der Waals surface area contributed by atoms with Crippen molar-refractivity contribution in [3.05, 3.63) is 75.8 Å². The molecule has 0 saturated carbocycles. The molecule has 0 atom stereocenters. The molecule has 0 fully saturated rings. The number of aliphatic imine (C=N–C) groups is 1. The molecule has 1 aliphatic rings. The summed E-state index contributed by atoms with van der Waals surface area (Å²) in [6, 6.07) is 11.0. The van der Waals surface area contributed by atoms with Gasteiger partial charge in [-0.2, -0.15) is 0 Å². The molecule has 2 aromatic carbocycles. The summed E-state index contributed by atoms with van der Waals surface area (Å²) in [4.78, 5) is 27.9. The quantitative estimate of drug-likeness (QED) is 0.657. The maximum absolute atomic E-state index is 14.4. The molecular weight excluding hydrogens is 401 g/mol. The van der Waals surface area contributed by atoms with Crippen LogP contribution >= 0.6 is 11.6 Å². The lowest BCUT2D eigenvalue weighted by Crippen LogP contribution is -2.31. The molecule has 0 radical (unpaired) electrons. The number of anilines is 1. The van der Waals surface area contributed by atoms with Gasteiger partial charge in [0.25, 0.3) is 0 Å². The summed E-state index contributed by atoms with van der Waals surface area (Å²) in [6.45, 7) is 1.53. The molecule has 2 aromatic rings. The van der Waals surface area contributed by atoms with Crippen molar-refractivity contribution in [3.63, 3.8) is 0 Å². The van der Waals surface area contributed by atoms with Gasteiger partial charge in [-0.05, 0) is 37.3 Å². The highest BCUT2D eigenvalue weighted by molar-refractivity contribution is 6.31. The Morgan fingerprint density at radius 1 is 1.28 bits per heavy atom. The van der Waals surface area contributed by atoms with Gasteiger partial charge in [0.2, 0.25) is 0 Å². The molecule has 1 amide bonds. The second-order valence-corrected chi connectivity index (χ2v) is 6.40. The van der Waals surface area contributed by atoms with Crippen LogP contribution in [0.5, 0.6) is 0 Å². The number of carbonyl (C=O) groups is 2. The minimum atomic E-state index is -1.37. The lowest BCUT2D eigenvalue weighted by atomic mass is 10.00.